The van der Waals surface area contributed by atoms with Crippen molar-refractivity contribution in [2.45, 2.75) is 6.54 Å². The molecule has 0 saturated heterocycles. The first kappa shape index (κ1) is 13.0. The van der Waals surface area contributed by atoms with Gasteiger partial charge in [-0.15, -0.1) is 11.3 Å². The zero-order valence-electron chi connectivity index (χ0n) is 10.9. The van der Waals surface area contributed by atoms with Crippen LogP contribution in [-0.4, -0.2) is 14.5 Å². The fourth-order valence-corrected chi connectivity index (χ4v) is 2.94. The van der Waals surface area contributed by atoms with Crippen molar-refractivity contribution >= 4 is 11.3 Å². The van der Waals surface area contributed by atoms with Crippen LogP contribution in [0.15, 0.2) is 36.7 Å². The molecule has 3 rings (SSSR count). The smallest absolute Gasteiger partial charge is 0.159 e. The molecule has 0 amide bonds. The van der Waals surface area contributed by atoms with Crippen LogP contribution in [-0.2, 0) is 13.6 Å². The minimum absolute atomic E-state index is 0.254. The monoisotopic (exact) mass is 288 g/mol. The number of nitrogens with two attached hydrogens (primary N) is 1. The van der Waals surface area contributed by atoms with Crippen molar-refractivity contribution in [3.8, 4) is 22.0 Å². The van der Waals surface area contributed by atoms with Crippen molar-refractivity contribution in [3.05, 3.63) is 47.5 Å². The molecule has 2 aromatic heterocycles. The summed E-state index contributed by atoms with van der Waals surface area (Å²) in [5.41, 5.74) is 7.39. The molecule has 0 radical (unpaired) electrons. The number of thiazole rings is 1. The molecular formula is C14H13FN4S. The van der Waals surface area contributed by atoms with Crippen molar-refractivity contribution in [2.75, 3.05) is 0 Å². The van der Waals surface area contributed by atoms with Crippen molar-refractivity contribution in [2.24, 2.45) is 12.8 Å². The molecule has 0 aliphatic carbocycles. The Bertz CT molecular complexity index is 730. The number of imidazole rings is 1. The van der Waals surface area contributed by atoms with Crippen LogP contribution in [0.4, 0.5) is 4.39 Å². The third kappa shape index (κ3) is 2.23. The summed E-state index contributed by atoms with van der Waals surface area (Å²) in [7, 11) is 1.91. The second-order valence-electron chi connectivity index (χ2n) is 4.36. The maximum Gasteiger partial charge on any atom is 0.159 e. The fourth-order valence-electron chi connectivity index (χ4n) is 1.99. The molecule has 2 heterocycles. The number of hydrogen-bond acceptors (Lipinski definition) is 4. The zero-order chi connectivity index (χ0) is 14.1. The van der Waals surface area contributed by atoms with Crippen molar-refractivity contribution in [3.63, 3.8) is 0 Å². The highest BCUT2D eigenvalue weighted by molar-refractivity contribution is 7.15. The Morgan fingerprint density at radius 3 is 2.65 bits per heavy atom. The maximum absolute atomic E-state index is 13.1. The van der Waals surface area contributed by atoms with E-state index >= 15 is 0 Å². The Balaban J connectivity index is 2.17. The predicted octanol–water partition coefficient (Wildman–Crippen LogP) is 2.81. The zero-order valence-corrected chi connectivity index (χ0v) is 11.7. The molecule has 0 saturated carbocycles. The molecule has 0 atom stereocenters. The summed E-state index contributed by atoms with van der Waals surface area (Å²) >= 11 is 1.51. The van der Waals surface area contributed by atoms with E-state index in [1.165, 1.54) is 23.5 Å². The van der Waals surface area contributed by atoms with E-state index in [9.17, 15) is 4.39 Å². The van der Waals surface area contributed by atoms with Crippen molar-refractivity contribution < 1.29 is 4.39 Å². The molecular weight excluding hydrogens is 275 g/mol. The Labute approximate surface area is 119 Å². The average molecular weight is 288 g/mol. The second-order valence-corrected chi connectivity index (χ2v) is 5.44. The average Bonchev–Trinajstić information content (AvgIpc) is 3.05. The van der Waals surface area contributed by atoms with E-state index in [-0.39, 0.29) is 5.82 Å². The first-order valence-corrected chi connectivity index (χ1v) is 6.94. The quantitative estimate of drug-likeness (QED) is 0.806. The van der Waals surface area contributed by atoms with Crippen LogP contribution in [0.3, 0.4) is 0 Å². The lowest BCUT2D eigenvalue weighted by Crippen LogP contribution is -1.96. The lowest BCUT2D eigenvalue weighted by molar-refractivity contribution is 0.628. The van der Waals surface area contributed by atoms with E-state index in [4.69, 9.17) is 5.73 Å². The molecule has 0 aliphatic rings. The molecule has 4 nitrogen and oxygen atoms in total. The minimum Gasteiger partial charge on any atom is -0.333 e. The van der Waals surface area contributed by atoms with Gasteiger partial charge in [0.2, 0.25) is 0 Å². The van der Waals surface area contributed by atoms with Gasteiger partial charge in [0.1, 0.15) is 16.5 Å². The van der Waals surface area contributed by atoms with E-state index in [1.54, 1.807) is 18.3 Å². The third-order valence-electron chi connectivity index (χ3n) is 2.99. The molecule has 6 heteroatoms. The number of aryl methyl sites for hydroxylation is 1. The van der Waals surface area contributed by atoms with Gasteiger partial charge in [0.25, 0.3) is 0 Å². The summed E-state index contributed by atoms with van der Waals surface area (Å²) in [5.74, 6) is 0.524. The van der Waals surface area contributed by atoms with E-state index < -0.39 is 0 Å². The van der Waals surface area contributed by atoms with Crippen LogP contribution < -0.4 is 5.73 Å². The largest absolute Gasteiger partial charge is 0.333 e. The summed E-state index contributed by atoms with van der Waals surface area (Å²) < 4.78 is 15.0. The van der Waals surface area contributed by atoms with Gasteiger partial charge in [-0.05, 0) is 17.7 Å². The molecule has 0 bridgehead atoms. The Kier molecular flexibility index (Phi) is 3.33. The van der Waals surface area contributed by atoms with Crippen molar-refractivity contribution in [1.82, 2.24) is 14.5 Å². The summed E-state index contributed by atoms with van der Waals surface area (Å²) in [5, 5.41) is 0.835. The number of aromatic nitrogens is 3. The number of halogens is 1. The van der Waals surface area contributed by atoms with Gasteiger partial charge in [0, 0.05) is 26.0 Å². The van der Waals surface area contributed by atoms with Gasteiger partial charge in [-0.2, -0.15) is 0 Å². The van der Waals surface area contributed by atoms with Gasteiger partial charge in [0.05, 0.1) is 4.88 Å². The SMILES string of the molecule is Cn1ccnc1-c1nc(CN)sc1-c1ccc(F)cc1. The summed E-state index contributed by atoms with van der Waals surface area (Å²) in [4.78, 5) is 9.83. The highest BCUT2D eigenvalue weighted by Gasteiger charge is 2.17. The Hall–Kier alpha value is -2.05. The molecule has 0 unspecified atom stereocenters. The summed E-state index contributed by atoms with van der Waals surface area (Å²) in [6, 6.07) is 6.38. The minimum atomic E-state index is -0.254. The van der Waals surface area contributed by atoms with Gasteiger partial charge >= 0.3 is 0 Å². The topological polar surface area (TPSA) is 56.7 Å². The van der Waals surface area contributed by atoms with Gasteiger partial charge < -0.3 is 10.3 Å². The van der Waals surface area contributed by atoms with E-state index in [2.05, 4.69) is 9.97 Å². The van der Waals surface area contributed by atoms with Crippen LogP contribution in [0.5, 0.6) is 0 Å². The third-order valence-corrected chi connectivity index (χ3v) is 4.11. The molecule has 0 spiro atoms. The standard InChI is InChI=1S/C14H13FN4S/c1-19-7-6-17-14(19)12-13(20-11(8-16)18-12)9-2-4-10(15)5-3-9/h2-7H,8,16H2,1H3. The van der Waals surface area contributed by atoms with Gasteiger partial charge in [-0.3, -0.25) is 0 Å². The van der Waals surface area contributed by atoms with Crippen LogP contribution in [0.1, 0.15) is 5.01 Å². The number of nitrogens with zero attached hydrogens (tertiary/aromatic N) is 3. The fraction of sp³-hybridized carbons (Fsp3) is 0.143. The van der Waals surface area contributed by atoms with E-state index in [1.807, 2.05) is 17.8 Å². The lowest BCUT2D eigenvalue weighted by Gasteiger charge is -2.02. The van der Waals surface area contributed by atoms with E-state index in [0.717, 1.165) is 27.0 Å². The molecule has 102 valence electrons. The summed E-state index contributed by atoms with van der Waals surface area (Å²) in [6.07, 6.45) is 3.59. The first-order chi connectivity index (χ1) is 9.69. The molecule has 1 aromatic carbocycles. The normalized spacial score (nSPS) is 10.9. The Morgan fingerprint density at radius 1 is 1.30 bits per heavy atom. The second kappa shape index (κ2) is 5.15. The Morgan fingerprint density at radius 2 is 2.05 bits per heavy atom. The predicted molar refractivity (Wildman–Crippen MR) is 77.6 cm³/mol. The molecule has 20 heavy (non-hydrogen) atoms. The lowest BCUT2D eigenvalue weighted by atomic mass is 10.1. The van der Waals surface area contributed by atoms with E-state index in [0.29, 0.717) is 6.54 Å². The number of hydrogen-bond donors (Lipinski definition) is 1. The van der Waals surface area contributed by atoms with Gasteiger partial charge in [0.15, 0.2) is 5.82 Å². The maximum atomic E-state index is 13.1. The molecule has 3 aromatic rings. The molecule has 0 fully saturated rings. The van der Waals surface area contributed by atoms with Gasteiger partial charge in [-0.1, -0.05) is 12.1 Å². The van der Waals surface area contributed by atoms with Gasteiger partial charge in [-0.25, -0.2) is 14.4 Å². The highest BCUT2D eigenvalue weighted by atomic mass is 32.1. The van der Waals surface area contributed by atoms with Crippen LogP contribution in [0.25, 0.3) is 22.0 Å². The molecule has 0 aliphatic heterocycles. The van der Waals surface area contributed by atoms with Crippen LogP contribution >= 0.6 is 11.3 Å². The number of rotatable bonds is 3. The van der Waals surface area contributed by atoms with Crippen LogP contribution in [0, 0.1) is 5.82 Å². The number of benzene rings is 1. The highest BCUT2D eigenvalue weighted by Crippen LogP contribution is 2.35. The van der Waals surface area contributed by atoms with Crippen molar-refractivity contribution in [1.29, 1.82) is 0 Å². The first-order valence-electron chi connectivity index (χ1n) is 6.12. The van der Waals surface area contributed by atoms with Crippen LogP contribution in [0.2, 0.25) is 0 Å². The summed E-state index contributed by atoms with van der Waals surface area (Å²) in [6.45, 7) is 0.378. The molecule has 2 N–H and O–H groups in total.